The molecule has 2 aromatic carbocycles. The quantitative estimate of drug-likeness (QED) is 0.604. The molecular weight excluding hydrogens is 416 g/mol. The van der Waals surface area contributed by atoms with Gasteiger partial charge in [-0.1, -0.05) is 30.3 Å². The Hall–Kier alpha value is -3.61. The Balaban J connectivity index is 1.32. The number of ether oxygens (including phenoxy) is 1. The summed E-state index contributed by atoms with van der Waals surface area (Å²) in [6, 6.07) is 17.3. The van der Waals surface area contributed by atoms with Gasteiger partial charge in [-0.15, -0.1) is 0 Å². The molecule has 0 N–H and O–H groups in total. The number of likely N-dealkylation sites (tertiary alicyclic amines) is 1. The van der Waals surface area contributed by atoms with E-state index in [1.54, 1.807) is 11.8 Å². The number of aromatic nitrogens is 2. The highest BCUT2D eigenvalue weighted by atomic mass is 16.5. The molecule has 7 heteroatoms. The zero-order chi connectivity index (χ0) is 23.1. The van der Waals surface area contributed by atoms with Gasteiger partial charge in [0, 0.05) is 18.7 Å². The maximum Gasteiger partial charge on any atom is 0.273 e. The number of carbonyl (C=O) groups is 2. The Bertz CT molecular complexity index is 1190. The molecule has 0 spiro atoms. The van der Waals surface area contributed by atoms with Gasteiger partial charge in [-0.3, -0.25) is 9.59 Å². The first-order valence-corrected chi connectivity index (χ1v) is 11.4. The third-order valence-electron chi connectivity index (χ3n) is 6.80. The summed E-state index contributed by atoms with van der Waals surface area (Å²) >= 11 is 0. The van der Waals surface area contributed by atoms with Crippen molar-refractivity contribution >= 4 is 11.8 Å². The van der Waals surface area contributed by atoms with Crippen molar-refractivity contribution < 1.29 is 14.3 Å². The second kappa shape index (κ2) is 8.39. The van der Waals surface area contributed by atoms with Crippen molar-refractivity contribution in [3.05, 3.63) is 77.1 Å². The fourth-order valence-corrected chi connectivity index (χ4v) is 5.15. The molecule has 0 bridgehead atoms. The molecule has 1 fully saturated rings. The Labute approximate surface area is 193 Å². The van der Waals surface area contributed by atoms with Crippen LogP contribution in [-0.4, -0.2) is 57.6 Å². The predicted octanol–water partition coefficient (Wildman–Crippen LogP) is 3.55. The standard InChI is InChI=1S/C26H28N4O3/c1-17-24-18(2)29(26(32)25(24)30(27-17)20-7-5-4-6-8-20)21-13-14-28(16-21)23(31)15-19-9-11-22(33-3)12-10-19/h4-12,18,21H,13-16H2,1-3H3. The third kappa shape index (κ3) is 3.67. The monoisotopic (exact) mass is 444 g/mol. The number of carbonyl (C=O) groups excluding carboxylic acids is 2. The second-order valence-electron chi connectivity index (χ2n) is 8.79. The molecule has 33 heavy (non-hydrogen) atoms. The molecule has 2 aliphatic heterocycles. The molecule has 2 amide bonds. The second-order valence-corrected chi connectivity index (χ2v) is 8.79. The highest BCUT2D eigenvalue weighted by Gasteiger charge is 2.45. The number of hydrogen-bond donors (Lipinski definition) is 0. The lowest BCUT2D eigenvalue weighted by Gasteiger charge is -2.29. The van der Waals surface area contributed by atoms with Crippen molar-refractivity contribution in [1.82, 2.24) is 19.6 Å². The SMILES string of the molecule is COc1ccc(CC(=O)N2CCC(N3C(=O)c4c(c(C)nn4-c4ccccc4)C3C)C2)cc1. The van der Waals surface area contributed by atoms with Crippen LogP contribution in [0, 0.1) is 6.92 Å². The molecule has 2 atom stereocenters. The maximum absolute atomic E-state index is 13.6. The first-order chi connectivity index (χ1) is 16.0. The smallest absolute Gasteiger partial charge is 0.273 e. The molecule has 1 saturated heterocycles. The number of para-hydroxylation sites is 1. The topological polar surface area (TPSA) is 67.7 Å². The van der Waals surface area contributed by atoms with Gasteiger partial charge >= 0.3 is 0 Å². The van der Waals surface area contributed by atoms with Crippen molar-refractivity contribution in [2.24, 2.45) is 0 Å². The van der Waals surface area contributed by atoms with Crippen LogP contribution < -0.4 is 4.74 Å². The number of methoxy groups -OCH3 is 1. The fourth-order valence-electron chi connectivity index (χ4n) is 5.15. The first-order valence-electron chi connectivity index (χ1n) is 11.4. The summed E-state index contributed by atoms with van der Waals surface area (Å²) in [5.74, 6) is 0.862. The summed E-state index contributed by atoms with van der Waals surface area (Å²) in [5.41, 5.74) is 4.36. The van der Waals surface area contributed by atoms with Gasteiger partial charge in [-0.2, -0.15) is 5.10 Å². The minimum Gasteiger partial charge on any atom is -0.497 e. The molecule has 3 aromatic rings. The lowest BCUT2D eigenvalue weighted by atomic mass is 10.1. The Kier molecular flexibility index (Phi) is 5.40. The number of nitrogens with zero attached hydrogens (tertiary/aromatic N) is 4. The van der Waals surface area contributed by atoms with Gasteiger partial charge < -0.3 is 14.5 Å². The minimum absolute atomic E-state index is 0.00309. The van der Waals surface area contributed by atoms with Crippen LogP contribution >= 0.6 is 0 Å². The summed E-state index contributed by atoms with van der Waals surface area (Å²) in [6.07, 6.45) is 1.13. The van der Waals surface area contributed by atoms with Crippen LogP contribution in [0.3, 0.4) is 0 Å². The van der Waals surface area contributed by atoms with Crippen LogP contribution in [-0.2, 0) is 11.2 Å². The van der Waals surface area contributed by atoms with E-state index in [4.69, 9.17) is 4.74 Å². The summed E-state index contributed by atoms with van der Waals surface area (Å²) in [6.45, 7) is 5.25. The van der Waals surface area contributed by atoms with Gasteiger partial charge in [0.2, 0.25) is 5.91 Å². The van der Waals surface area contributed by atoms with Crippen LogP contribution in [0.5, 0.6) is 5.75 Å². The lowest BCUT2D eigenvalue weighted by molar-refractivity contribution is -0.129. The average Bonchev–Trinajstić information content (AvgIpc) is 3.51. The molecule has 0 saturated carbocycles. The van der Waals surface area contributed by atoms with Crippen LogP contribution in [0.25, 0.3) is 5.69 Å². The normalized spacial score (nSPS) is 19.8. The molecule has 2 aliphatic rings. The van der Waals surface area contributed by atoms with Crippen molar-refractivity contribution in [3.8, 4) is 11.4 Å². The molecule has 0 aliphatic carbocycles. The number of fused-ring (bicyclic) bond motifs is 1. The van der Waals surface area contributed by atoms with Crippen LogP contribution in [0.2, 0.25) is 0 Å². The van der Waals surface area contributed by atoms with Crippen molar-refractivity contribution in [2.45, 2.75) is 38.8 Å². The largest absolute Gasteiger partial charge is 0.497 e. The van der Waals surface area contributed by atoms with E-state index in [1.807, 2.05) is 71.3 Å². The molecule has 5 rings (SSSR count). The summed E-state index contributed by atoms with van der Waals surface area (Å²) in [5, 5.41) is 4.66. The molecule has 0 radical (unpaired) electrons. The number of hydrogen-bond acceptors (Lipinski definition) is 4. The van der Waals surface area contributed by atoms with Gasteiger partial charge in [0.1, 0.15) is 11.4 Å². The highest BCUT2D eigenvalue weighted by Crippen LogP contribution is 2.39. The van der Waals surface area contributed by atoms with E-state index >= 15 is 0 Å². The van der Waals surface area contributed by atoms with Crippen LogP contribution in [0.15, 0.2) is 54.6 Å². The zero-order valence-corrected chi connectivity index (χ0v) is 19.2. The fraction of sp³-hybridized carbons (Fsp3) is 0.346. The Morgan fingerprint density at radius 2 is 1.85 bits per heavy atom. The van der Waals surface area contributed by atoms with Crippen molar-refractivity contribution in [2.75, 3.05) is 20.2 Å². The number of amides is 2. The Morgan fingerprint density at radius 3 is 2.55 bits per heavy atom. The number of aryl methyl sites for hydroxylation is 1. The number of benzene rings is 2. The van der Waals surface area contributed by atoms with E-state index in [-0.39, 0.29) is 23.9 Å². The van der Waals surface area contributed by atoms with Gasteiger partial charge in [0.15, 0.2) is 0 Å². The molecule has 1 aromatic heterocycles. The van der Waals surface area contributed by atoms with Crippen LogP contribution in [0.1, 0.15) is 46.7 Å². The predicted molar refractivity (Wildman–Crippen MR) is 125 cm³/mol. The van der Waals surface area contributed by atoms with Gasteiger partial charge in [0.25, 0.3) is 5.91 Å². The maximum atomic E-state index is 13.6. The molecule has 170 valence electrons. The van der Waals surface area contributed by atoms with E-state index in [1.165, 1.54) is 0 Å². The highest BCUT2D eigenvalue weighted by molar-refractivity contribution is 5.99. The van der Waals surface area contributed by atoms with E-state index in [0.29, 0.717) is 25.2 Å². The van der Waals surface area contributed by atoms with Gasteiger partial charge in [-0.05, 0) is 50.1 Å². The lowest BCUT2D eigenvalue weighted by Crippen LogP contribution is -2.41. The van der Waals surface area contributed by atoms with E-state index in [0.717, 1.165) is 34.7 Å². The first kappa shape index (κ1) is 21.2. The van der Waals surface area contributed by atoms with Crippen LogP contribution in [0.4, 0.5) is 0 Å². The minimum atomic E-state index is -0.0633. The summed E-state index contributed by atoms with van der Waals surface area (Å²) in [7, 11) is 1.63. The van der Waals surface area contributed by atoms with Gasteiger partial charge in [0.05, 0.1) is 37.0 Å². The molecular formula is C26H28N4O3. The summed E-state index contributed by atoms with van der Waals surface area (Å²) in [4.78, 5) is 30.4. The van der Waals surface area contributed by atoms with E-state index in [2.05, 4.69) is 12.0 Å². The zero-order valence-electron chi connectivity index (χ0n) is 19.2. The van der Waals surface area contributed by atoms with E-state index < -0.39 is 0 Å². The van der Waals surface area contributed by atoms with Crippen molar-refractivity contribution in [3.63, 3.8) is 0 Å². The number of rotatable bonds is 5. The average molecular weight is 445 g/mol. The Morgan fingerprint density at radius 1 is 1.12 bits per heavy atom. The molecule has 7 nitrogen and oxygen atoms in total. The van der Waals surface area contributed by atoms with Gasteiger partial charge in [-0.25, -0.2) is 4.68 Å². The van der Waals surface area contributed by atoms with E-state index in [9.17, 15) is 9.59 Å². The third-order valence-corrected chi connectivity index (χ3v) is 6.80. The molecule has 2 unspecified atom stereocenters. The van der Waals surface area contributed by atoms with Crippen molar-refractivity contribution in [1.29, 1.82) is 0 Å². The molecule has 3 heterocycles. The summed E-state index contributed by atoms with van der Waals surface area (Å²) < 4.78 is 6.96.